The molecule has 0 radical (unpaired) electrons. The van der Waals surface area contributed by atoms with E-state index < -0.39 is 23.7 Å². The van der Waals surface area contributed by atoms with E-state index in [0.717, 1.165) is 4.47 Å². The molecule has 1 amide bonds. The molecule has 7 nitrogen and oxygen atoms in total. The van der Waals surface area contributed by atoms with E-state index in [1.54, 1.807) is 48.5 Å². The first-order valence-corrected chi connectivity index (χ1v) is 11.7. The van der Waals surface area contributed by atoms with Crippen molar-refractivity contribution in [2.75, 3.05) is 11.5 Å². The highest BCUT2D eigenvalue weighted by Gasteiger charge is 2.47. The normalized spacial score (nSPS) is 17.0. The zero-order valence-corrected chi connectivity index (χ0v) is 20.4. The molecule has 0 saturated carbocycles. The molecule has 0 aliphatic carbocycles. The Balaban J connectivity index is 1.81. The van der Waals surface area contributed by atoms with Gasteiger partial charge in [0.15, 0.2) is 0 Å². The number of aromatic hydroxyl groups is 1. The van der Waals surface area contributed by atoms with Gasteiger partial charge in [-0.3, -0.25) is 14.5 Å². The summed E-state index contributed by atoms with van der Waals surface area (Å²) in [6.07, 6.45) is 0.694. The second-order valence-corrected chi connectivity index (χ2v) is 8.87. The molecule has 1 atom stereocenters. The van der Waals surface area contributed by atoms with E-state index in [9.17, 15) is 24.6 Å². The fraction of sp³-hybridized carbons (Fsp3) is 0.148. The Hall–Kier alpha value is -3.91. The van der Waals surface area contributed by atoms with Gasteiger partial charge in [0.1, 0.15) is 11.5 Å². The predicted octanol–water partition coefficient (Wildman–Crippen LogP) is 5.35. The van der Waals surface area contributed by atoms with Gasteiger partial charge in [-0.05, 0) is 60.5 Å². The van der Waals surface area contributed by atoms with Gasteiger partial charge in [-0.25, -0.2) is 4.79 Å². The molecule has 0 aromatic heterocycles. The first-order valence-electron chi connectivity index (χ1n) is 10.9. The van der Waals surface area contributed by atoms with Crippen LogP contribution in [-0.2, 0) is 14.3 Å². The van der Waals surface area contributed by atoms with Crippen molar-refractivity contribution in [2.24, 2.45) is 0 Å². The molecule has 4 rings (SSSR count). The zero-order valence-electron chi connectivity index (χ0n) is 18.8. The van der Waals surface area contributed by atoms with Gasteiger partial charge in [0.05, 0.1) is 23.8 Å². The van der Waals surface area contributed by atoms with Gasteiger partial charge in [-0.1, -0.05) is 47.1 Å². The van der Waals surface area contributed by atoms with Crippen LogP contribution < -0.4 is 4.90 Å². The molecule has 1 saturated heterocycles. The molecule has 1 aliphatic heterocycles. The quantitative estimate of drug-likeness (QED) is 0.191. The van der Waals surface area contributed by atoms with Crippen molar-refractivity contribution < 1.29 is 29.3 Å². The molecule has 0 spiro atoms. The monoisotopic (exact) mass is 535 g/mol. The molecule has 2 N–H and O–H groups in total. The van der Waals surface area contributed by atoms with Crippen molar-refractivity contribution in [2.45, 2.75) is 19.4 Å². The minimum atomic E-state index is -0.947. The van der Waals surface area contributed by atoms with E-state index in [1.807, 2.05) is 6.92 Å². The van der Waals surface area contributed by atoms with Crippen LogP contribution in [0, 0.1) is 0 Å². The maximum absolute atomic E-state index is 13.2. The zero-order chi connectivity index (χ0) is 25.1. The number of phenolic OH excluding ortho intramolecular Hbond substituents is 1. The van der Waals surface area contributed by atoms with Crippen LogP contribution in [0.5, 0.6) is 5.75 Å². The Labute approximate surface area is 210 Å². The summed E-state index contributed by atoms with van der Waals surface area (Å²) in [6, 6.07) is 18.0. The van der Waals surface area contributed by atoms with Crippen molar-refractivity contribution in [3.05, 3.63) is 99.5 Å². The van der Waals surface area contributed by atoms with Crippen LogP contribution in [0.4, 0.5) is 5.69 Å². The summed E-state index contributed by atoms with van der Waals surface area (Å²) in [5.74, 6) is -2.42. The third kappa shape index (κ3) is 4.83. The molecule has 3 aromatic carbocycles. The van der Waals surface area contributed by atoms with E-state index in [0.29, 0.717) is 35.4 Å². The smallest absolute Gasteiger partial charge is 0.338 e. The summed E-state index contributed by atoms with van der Waals surface area (Å²) in [4.78, 5) is 39.8. The number of amides is 1. The van der Waals surface area contributed by atoms with E-state index in [4.69, 9.17) is 4.74 Å². The minimum Gasteiger partial charge on any atom is -0.508 e. The van der Waals surface area contributed by atoms with E-state index in [-0.39, 0.29) is 17.1 Å². The number of esters is 1. The summed E-state index contributed by atoms with van der Waals surface area (Å²) in [5.41, 5.74) is 1.51. The number of anilines is 1. The van der Waals surface area contributed by atoms with Gasteiger partial charge in [0.25, 0.3) is 11.7 Å². The average molecular weight is 536 g/mol. The second kappa shape index (κ2) is 10.1. The lowest BCUT2D eigenvalue weighted by Crippen LogP contribution is -2.29. The maximum Gasteiger partial charge on any atom is 0.338 e. The number of phenols is 1. The number of ketones is 1. The Bertz CT molecular complexity index is 1300. The number of rotatable bonds is 6. The number of aliphatic hydroxyl groups is 1. The molecular weight excluding hydrogens is 514 g/mol. The molecule has 178 valence electrons. The van der Waals surface area contributed by atoms with E-state index in [2.05, 4.69) is 15.9 Å². The van der Waals surface area contributed by atoms with Gasteiger partial charge < -0.3 is 14.9 Å². The summed E-state index contributed by atoms with van der Waals surface area (Å²) in [6.45, 7) is 2.19. The molecule has 1 heterocycles. The van der Waals surface area contributed by atoms with Crippen LogP contribution in [0.15, 0.2) is 82.8 Å². The molecule has 8 heteroatoms. The van der Waals surface area contributed by atoms with Crippen LogP contribution in [0.3, 0.4) is 0 Å². The number of benzene rings is 3. The SMILES string of the molecule is CCCOC(=O)c1ccc(N2C(=O)C(=O)/C(=C(/O)c3ccc(Br)cc3)C2c2ccc(O)cc2)cc1. The number of aliphatic hydroxyl groups excluding tert-OH is 1. The Kier molecular flexibility index (Phi) is 7.02. The molecule has 0 bridgehead atoms. The first-order chi connectivity index (χ1) is 16.8. The number of halogens is 1. The third-order valence-corrected chi connectivity index (χ3v) is 6.12. The average Bonchev–Trinajstić information content (AvgIpc) is 3.13. The minimum absolute atomic E-state index is 0.0218. The lowest BCUT2D eigenvalue weighted by molar-refractivity contribution is -0.132. The lowest BCUT2D eigenvalue weighted by atomic mass is 9.95. The number of hydrogen-bond acceptors (Lipinski definition) is 6. The van der Waals surface area contributed by atoms with Crippen LogP contribution in [0.1, 0.15) is 40.9 Å². The van der Waals surface area contributed by atoms with Gasteiger partial charge in [-0.2, -0.15) is 0 Å². The molecule has 1 aliphatic rings. The van der Waals surface area contributed by atoms with Crippen LogP contribution in [0.25, 0.3) is 5.76 Å². The van der Waals surface area contributed by atoms with Gasteiger partial charge in [-0.15, -0.1) is 0 Å². The summed E-state index contributed by atoms with van der Waals surface area (Å²) >= 11 is 3.34. The van der Waals surface area contributed by atoms with E-state index >= 15 is 0 Å². The maximum atomic E-state index is 13.2. The molecule has 1 unspecified atom stereocenters. The van der Waals surface area contributed by atoms with Gasteiger partial charge >= 0.3 is 5.97 Å². The van der Waals surface area contributed by atoms with Crippen LogP contribution >= 0.6 is 15.9 Å². The Morgan fingerprint density at radius 3 is 2.14 bits per heavy atom. The van der Waals surface area contributed by atoms with Gasteiger partial charge in [0, 0.05) is 15.7 Å². The third-order valence-electron chi connectivity index (χ3n) is 5.59. The Morgan fingerprint density at radius 2 is 1.54 bits per heavy atom. The molecular formula is C27H22BrNO6. The van der Waals surface area contributed by atoms with Gasteiger partial charge in [0.2, 0.25) is 0 Å². The molecule has 35 heavy (non-hydrogen) atoms. The van der Waals surface area contributed by atoms with Crippen molar-refractivity contribution in [3.63, 3.8) is 0 Å². The van der Waals surface area contributed by atoms with Crippen LogP contribution in [-0.4, -0.2) is 34.5 Å². The predicted molar refractivity (Wildman–Crippen MR) is 134 cm³/mol. The highest BCUT2D eigenvalue weighted by Crippen LogP contribution is 2.42. The molecule has 3 aromatic rings. The topological polar surface area (TPSA) is 104 Å². The standard InChI is InChI=1S/C27H22BrNO6/c1-2-15-35-27(34)18-5-11-20(12-6-18)29-23(16-7-13-21(30)14-8-16)22(25(32)26(29)33)24(31)17-3-9-19(28)10-4-17/h3-14,23,30-31H,2,15H2,1H3/b24-22+. The van der Waals surface area contributed by atoms with Crippen molar-refractivity contribution in [1.29, 1.82) is 0 Å². The number of carbonyl (C=O) groups excluding carboxylic acids is 3. The second-order valence-electron chi connectivity index (χ2n) is 7.95. The summed E-state index contributed by atoms with van der Waals surface area (Å²) in [5, 5.41) is 20.9. The van der Waals surface area contributed by atoms with E-state index in [1.165, 1.54) is 29.2 Å². The number of carbonyl (C=O) groups is 3. The van der Waals surface area contributed by atoms with Crippen molar-refractivity contribution >= 4 is 45.0 Å². The highest BCUT2D eigenvalue weighted by molar-refractivity contribution is 9.10. The van der Waals surface area contributed by atoms with Crippen molar-refractivity contribution in [1.82, 2.24) is 0 Å². The lowest BCUT2D eigenvalue weighted by Gasteiger charge is -2.25. The summed E-state index contributed by atoms with van der Waals surface area (Å²) < 4.78 is 5.94. The van der Waals surface area contributed by atoms with Crippen LogP contribution in [0.2, 0.25) is 0 Å². The highest BCUT2D eigenvalue weighted by atomic mass is 79.9. The fourth-order valence-corrected chi connectivity index (χ4v) is 4.13. The first kappa shape index (κ1) is 24.2. The fourth-order valence-electron chi connectivity index (χ4n) is 3.87. The number of nitrogens with zero attached hydrogens (tertiary/aromatic N) is 1. The Morgan fingerprint density at radius 1 is 0.943 bits per heavy atom. The number of ether oxygens (including phenoxy) is 1. The number of hydrogen-bond donors (Lipinski definition) is 2. The largest absolute Gasteiger partial charge is 0.508 e. The molecule has 1 fully saturated rings. The van der Waals surface area contributed by atoms with Crippen molar-refractivity contribution in [3.8, 4) is 5.75 Å². The number of Topliss-reactive ketones (excluding diaryl/α,β-unsaturated/α-hetero) is 1. The summed E-state index contributed by atoms with van der Waals surface area (Å²) in [7, 11) is 0.